The third-order valence-corrected chi connectivity index (χ3v) is 7.55. The van der Waals surface area contributed by atoms with Crippen LogP contribution in [0.1, 0.15) is 91.4 Å². The van der Waals surface area contributed by atoms with E-state index in [4.69, 9.17) is 0 Å². The second-order valence-corrected chi connectivity index (χ2v) is 9.97. The van der Waals surface area contributed by atoms with Crippen molar-refractivity contribution in [1.82, 2.24) is 0 Å². The van der Waals surface area contributed by atoms with Gasteiger partial charge in [0, 0.05) is 14.5 Å². The highest BCUT2D eigenvalue weighted by Crippen LogP contribution is 2.28. The lowest BCUT2D eigenvalue weighted by Gasteiger charge is -2.19. The van der Waals surface area contributed by atoms with E-state index < -0.39 is 0 Å². The molecule has 0 aliphatic rings. The fraction of sp³-hybridized carbons (Fsp3) is 0.944. The average molecular weight is 490 g/mol. The first-order valence-corrected chi connectivity index (χ1v) is 11.5. The molecule has 0 spiro atoms. The zero-order chi connectivity index (χ0) is 16.1. The molecule has 3 unspecified atom stereocenters. The van der Waals surface area contributed by atoms with Gasteiger partial charge in [-0.05, 0) is 63.7 Å². The Morgan fingerprint density at radius 1 is 0.619 bits per heavy atom. The Morgan fingerprint density at radius 2 is 1.00 bits per heavy atom. The molecule has 0 heterocycles. The summed E-state index contributed by atoms with van der Waals surface area (Å²) in [6, 6.07) is 0. The summed E-state index contributed by atoms with van der Waals surface area (Å²) < 4.78 is 0. The second-order valence-electron chi connectivity index (χ2n) is 6.09. The molecule has 0 aliphatic carbocycles. The van der Waals surface area contributed by atoms with Crippen LogP contribution >= 0.6 is 47.8 Å². The lowest BCUT2D eigenvalue weighted by Crippen LogP contribution is -2.06. The average Bonchev–Trinajstić information content (AvgIpc) is 2.50. The highest BCUT2D eigenvalue weighted by atomic mass is 79.9. The van der Waals surface area contributed by atoms with Gasteiger partial charge >= 0.3 is 0 Å². The molecule has 0 saturated heterocycles. The summed E-state index contributed by atoms with van der Waals surface area (Å²) >= 11 is 11.3. The van der Waals surface area contributed by atoms with Crippen molar-refractivity contribution < 1.29 is 0 Å². The molecule has 0 aliphatic heterocycles. The smallest absolute Gasteiger partial charge is 0.0143 e. The minimum atomic E-state index is 0.701. The monoisotopic (exact) mass is 487 g/mol. The van der Waals surface area contributed by atoms with Gasteiger partial charge in [0.05, 0.1) is 0 Å². The lowest BCUT2D eigenvalue weighted by molar-refractivity contribution is 0.544. The second kappa shape index (κ2) is 15.0. The van der Waals surface area contributed by atoms with E-state index >= 15 is 0 Å². The van der Waals surface area contributed by atoms with Gasteiger partial charge in [0.1, 0.15) is 0 Å². The van der Waals surface area contributed by atoms with E-state index in [0.717, 1.165) is 0 Å². The summed E-state index contributed by atoms with van der Waals surface area (Å²) in [5.41, 5.74) is 0. The van der Waals surface area contributed by atoms with Gasteiger partial charge in [-0.2, -0.15) is 0 Å². The molecule has 0 aromatic rings. The summed E-state index contributed by atoms with van der Waals surface area (Å²) in [6.07, 6.45) is 14.4. The molecule has 0 rings (SSSR count). The molecule has 21 heavy (non-hydrogen) atoms. The Morgan fingerprint density at radius 3 is 1.38 bits per heavy atom. The third kappa shape index (κ3) is 13.6. The van der Waals surface area contributed by atoms with Gasteiger partial charge in [-0.15, -0.1) is 0 Å². The number of hydrogen-bond acceptors (Lipinski definition) is 0. The molecule has 0 aromatic heterocycles. The standard InChI is InChI=1S/C18H34Br3/c1-4-16(19)11-7-9-15(13-14-18(21)6-3)10-8-12-17(20)5-2/h16-18H,4-14H2,1-3H3. The van der Waals surface area contributed by atoms with Gasteiger partial charge in [-0.3, -0.25) is 0 Å². The van der Waals surface area contributed by atoms with E-state index in [2.05, 4.69) is 68.6 Å². The Kier molecular flexibility index (Phi) is 16.0. The van der Waals surface area contributed by atoms with Crippen LogP contribution in [0.3, 0.4) is 0 Å². The summed E-state index contributed by atoms with van der Waals surface area (Å²) in [5.74, 6) is 1.81. The SMILES string of the molecule is CCC(Br)CCC[C](CCCC(Br)CC)CCC(Br)CC. The highest BCUT2D eigenvalue weighted by molar-refractivity contribution is 9.10. The number of hydrogen-bond donors (Lipinski definition) is 0. The zero-order valence-electron chi connectivity index (χ0n) is 14.1. The molecular weight excluding hydrogens is 456 g/mol. The number of alkyl halides is 3. The molecule has 0 aromatic carbocycles. The van der Waals surface area contributed by atoms with Crippen LogP contribution in [0, 0.1) is 5.92 Å². The van der Waals surface area contributed by atoms with Crippen molar-refractivity contribution in [3.8, 4) is 0 Å². The predicted octanol–water partition coefficient (Wildman–Crippen LogP) is 8.20. The summed E-state index contributed by atoms with van der Waals surface area (Å²) in [7, 11) is 0. The van der Waals surface area contributed by atoms with Gasteiger partial charge in [0.2, 0.25) is 0 Å². The van der Waals surface area contributed by atoms with Crippen molar-refractivity contribution in [3.63, 3.8) is 0 Å². The van der Waals surface area contributed by atoms with Gasteiger partial charge in [0.15, 0.2) is 0 Å². The maximum Gasteiger partial charge on any atom is 0.0143 e. The van der Waals surface area contributed by atoms with Crippen molar-refractivity contribution in [2.24, 2.45) is 0 Å². The number of rotatable bonds is 14. The van der Waals surface area contributed by atoms with Crippen LogP contribution in [0.4, 0.5) is 0 Å². The molecule has 3 heteroatoms. The van der Waals surface area contributed by atoms with E-state index in [1.165, 1.54) is 70.6 Å². The molecule has 0 fully saturated rings. The van der Waals surface area contributed by atoms with Gasteiger partial charge < -0.3 is 0 Å². The molecule has 0 amide bonds. The lowest BCUT2D eigenvalue weighted by atomic mass is 9.90. The molecule has 0 bridgehead atoms. The van der Waals surface area contributed by atoms with Crippen molar-refractivity contribution in [2.75, 3.05) is 0 Å². The molecule has 0 N–H and O–H groups in total. The van der Waals surface area contributed by atoms with E-state index in [1.54, 1.807) is 5.92 Å². The van der Waals surface area contributed by atoms with Crippen LogP contribution in [0.25, 0.3) is 0 Å². The van der Waals surface area contributed by atoms with Crippen molar-refractivity contribution >= 4 is 47.8 Å². The summed E-state index contributed by atoms with van der Waals surface area (Å²) in [5, 5.41) is 0. The van der Waals surface area contributed by atoms with E-state index in [0.29, 0.717) is 14.5 Å². The van der Waals surface area contributed by atoms with Gasteiger partial charge in [0.25, 0.3) is 0 Å². The van der Waals surface area contributed by atoms with Crippen LogP contribution in [-0.2, 0) is 0 Å². The predicted molar refractivity (Wildman–Crippen MR) is 109 cm³/mol. The van der Waals surface area contributed by atoms with Crippen molar-refractivity contribution in [2.45, 2.75) is 106 Å². The quantitative estimate of drug-likeness (QED) is 0.216. The summed E-state index contributed by atoms with van der Waals surface area (Å²) in [4.78, 5) is 2.13. The van der Waals surface area contributed by atoms with E-state index in [1.807, 2.05) is 0 Å². The first-order valence-electron chi connectivity index (χ1n) is 8.79. The first-order chi connectivity index (χ1) is 10.0. The van der Waals surface area contributed by atoms with Gasteiger partial charge in [-0.1, -0.05) is 81.4 Å². The van der Waals surface area contributed by atoms with Crippen LogP contribution in [0.5, 0.6) is 0 Å². The van der Waals surface area contributed by atoms with Crippen LogP contribution < -0.4 is 0 Å². The van der Waals surface area contributed by atoms with E-state index in [-0.39, 0.29) is 0 Å². The molecular formula is C18H34Br3. The fourth-order valence-corrected chi connectivity index (χ4v) is 3.37. The maximum atomic E-state index is 3.78. The fourth-order valence-electron chi connectivity index (χ4n) is 2.50. The van der Waals surface area contributed by atoms with Gasteiger partial charge in [-0.25, -0.2) is 0 Å². The van der Waals surface area contributed by atoms with Crippen molar-refractivity contribution in [1.29, 1.82) is 0 Å². The Balaban J connectivity index is 4.01. The Labute approximate surface area is 159 Å². The molecule has 0 nitrogen and oxygen atoms in total. The van der Waals surface area contributed by atoms with Crippen LogP contribution in [0.15, 0.2) is 0 Å². The topological polar surface area (TPSA) is 0 Å². The normalized spacial score (nSPS) is 16.1. The van der Waals surface area contributed by atoms with Crippen LogP contribution in [0.2, 0.25) is 0 Å². The zero-order valence-corrected chi connectivity index (χ0v) is 18.9. The minimum absolute atomic E-state index is 0.701. The Bertz CT molecular complexity index is 205. The minimum Gasteiger partial charge on any atom is -0.0891 e. The first kappa shape index (κ1) is 22.4. The molecule has 1 radical (unpaired) electrons. The van der Waals surface area contributed by atoms with E-state index in [9.17, 15) is 0 Å². The molecule has 127 valence electrons. The van der Waals surface area contributed by atoms with Crippen molar-refractivity contribution in [3.05, 3.63) is 5.92 Å². The Hall–Kier alpha value is 1.44. The van der Waals surface area contributed by atoms with Crippen LogP contribution in [-0.4, -0.2) is 14.5 Å². The highest BCUT2D eigenvalue weighted by Gasteiger charge is 2.13. The maximum absolute atomic E-state index is 3.78. The largest absolute Gasteiger partial charge is 0.0891 e. The summed E-state index contributed by atoms with van der Waals surface area (Å²) in [6.45, 7) is 6.80. The molecule has 0 saturated carbocycles. The third-order valence-electron chi connectivity index (χ3n) is 4.24. The molecule has 3 atom stereocenters. The number of halogens is 3.